The number of ether oxygens (including phenoxy) is 1. The summed E-state index contributed by atoms with van der Waals surface area (Å²) in [5.74, 6) is 0.945. The fraction of sp³-hybridized carbons (Fsp3) is 0.348. The normalized spacial score (nSPS) is 14.1. The summed E-state index contributed by atoms with van der Waals surface area (Å²) in [5.41, 5.74) is 0.479. The van der Waals surface area contributed by atoms with Crippen LogP contribution in [0.25, 0.3) is 0 Å². The zero-order valence-electron chi connectivity index (χ0n) is 18.3. The molecule has 4 rings (SSSR count). The molecule has 33 heavy (non-hydrogen) atoms. The third-order valence-electron chi connectivity index (χ3n) is 5.40. The number of aryl methyl sites for hydroxylation is 1. The molecule has 1 fully saturated rings. The van der Waals surface area contributed by atoms with Crippen molar-refractivity contribution in [3.8, 4) is 0 Å². The monoisotopic (exact) mass is 449 g/mol. The number of benzene rings is 1. The standard InChI is InChI=1S/C23H27N7O3/c31-22-26-20(27-23(32)33-18-19-6-2-1-3-7-19)8-13-30(22)12-5-11-28-14-16-29(17-15-28)21-24-9-4-10-25-21/h1-4,6-10,13H,5,11-12,14-18H2,(H,26,27,31,32). The van der Waals surface area contributed by atoms with Gasteiger partial charge in [-0.25, -0.2) is 19.6 Å². The summed E-state index contributed by atoms with van der Waals surface area (Å²) in [5, 5.41) is 2.50. The molecule has 0 bridgehead atoms. The first-order valence-corrected chi connectivity index (χ1v) is 11.0. The van der Waals surface area contributed by atoms with Crippen LogP contribution in [0.2, 0.25) is 0 Å². The van der Waals surface area contributed by atoms with Crippen molar-refractivity contribution in [1.29, 1.82) is 0 Å². The fourth-order valence-electron chi connectivity index (χ4n) is 3.62. The molecular weight excluding hydrogens is 422 g/mol. The summed E-state index contributed by atoms with van der Waals surface area (Å²) in [4.78, 5) is 41.4. The van der Waals surface area contributed by atoms with E-state index < -0.39 is 11.8 Å². The zero-order chi connectivity index (χ0) is 22.9. The van der Waals surface area contributed by atoms with Gasteiger partial charge in [-0.15, -0.1) is 0 Å². The molecule has 0 unspecified atom stereocenters. The summed E-state index contributed by atoms with van der Waals surface area (Å²) in [6.07, 6.45) is 5.34. The minimum absolute atomic E-state index is 0.149. The molecule has 0 saturated carbocycles. The van der Waals surface area contributed by atoms with Crippen LogP contribution in [0.5, 0.6) is 0 Å². The Morgan fingerprint density at radius 1 is 0.970 bits per heavy atom. The molecule has 3 aromatic rings. The van der Waals surface area contributed by atoms with Gasteiger partial charge in [-0.2, -0.15) is 4.98 Å². The van der Waals surface area contributed by atoms with Gasteiger partial charge in [0.15, 0.2) is 0 Å². The second kappa shape index (κ2) is 11.2. The van der Waals surface area contributed by atoms with E-state index in [2.05, 4.69) is 30.1 Å². The van der Waals surface area contributed by atoms with Gasteiger partial charge in [0.25, 0.3) is 0 Å². The summed E-state index contributed by atoms with van der Waals surface area (Å²) >= 11 is 0. The van der Waals surface area contributed by atoms with Crippen LogP contribution < -0.4 is 15.9 Å². The Hall–Kier alpha value is -3.79. The van der Waals surface area contributed by atoms with E-state index in [9.17, 15) is 9.59 Å². The number of hydrogen-bond acceptors (Lipinski definition) is 8. The van der Waals surface area contributed by atoms with E-state index in [4.69, 9.17) is 4.74 Å². The quantitative estimate of drug-likeness (QED) is 0.557. The third-order valence-corrected chi connectivity index (χ3v) is 5.40. The van der Waals surface area contributed by atoms with Crippen LogP contribution in [-0.4, -0.2) is 63.2 Å². The van der Waals surface area contributed by atoms with Crippen molar-refractivity contribution in [2.24, 2.45) is 0 Å². The molecule has 1 N–H and O–H groups in total. The van der Waals surface area contributed by atoms with Crippen molar-refractivity contribution in [3.05, 3.63) is 77.1 Å². The van der Waals surface area contributed by atoms with Gasteiger partial charge in [-0.1, -0.05) is 30.3 Å². The van der Waals surface area contributed by atoms with Crippen LogP contribution >= 0.6 is 0 Å². The minimum atomic E-state index is -0.649. The highest BCUT2D eigenvalue weighted by atomic mass is 16.5. The molecule has 1 amide bonds. The van der Waals surface area contributed by atoms with Crippen LogP contribution in [-0.2, 0) is 17.9 Å². The van der Waals surface area contributed by atoms with Crippen LogP contribution in [0.3, 0.4) is 0 Å². The largest absolute Gasteiger partial charge is 0.444 e. The molecule has 1 aliphatic heterocycles. The Morgan fingerprint density at radius 3 is 2.45 bits per heavy atom. The number of rotatable bonds is 8. The number of carbonyl (C=O) groups is 1. The fourth-order valence-corrected chi connectivity index (χ4v) is 3.62. The maximum atomic E-state index is 12.3. The lowest BCUT2D eigenvalue weighted by molar-refractivity contribution is 0.155. The average molecular weight is 450 g/mol. The highest BCUT2D eigenvalue weighted by Gasteiger charge is 2.18. The molecule has 172 valence electrons. The first-order chi connectivity index (χ1) is 16.2. The molecule has 1 saturated heterocycles. The van der Waals surface area contributed by atoms with Gasteiger partial charge in [-0.3, -0.25) is 14.8 Å². The molecule has 1 aliphatic rings. The van der Waals surface area contributed by atoms with Gasteiger partial charge in [-0.05, 0) is 30.7 Å². The summed E-state index contributed by atoms with van der Waals surface area (Å²) in [6, 6.07) is 12.8. The number of aromatic nitrogens is 4. The molecule has 10 heteroatoms. The maximum Gasteiger partial charge on any atom is 0.413 e. The van der Waals surface area contributed by atoms with Crippen molar-refractivity contribution in [2.45, 2.75) is 19.6 Å². The molecule has 10 nitrogen and oxygen atoms in total. The Balaban J connectivity index is 1.18. The predicted octanol–water partition coefficient (Wildman–Crippen LogP) is 1.99. The number of nitrogens with zero attached hydrogens (tertiary/aromatic N) is 6. The van der Waals surface area contributed by atoms with Gasteiger partial charge in [0.2, 0.25) is 5.95 Å². The average Bonchev–Trinajstić information content (AvgIpc) is 2.86. The predicted molar refractivity (Wildman–Crippen MR) is 124 cm³/mol. The smallest absolute Gasteiger partial charge is 0.413 e. The highest BCUT2D eigenvalue weighted by molar-refractivity contribution is 5.83. The van der Waals surface area contributed by atoms with Crippen LogP contribution in [0.1, 0.15) is 12.0 Å². The Morgan fingerprint density at radius 2 is 1.73 bits per heavy atom. The van der Waals surface area contributed by atoms with Crippen LogP contribution in [0.4, 0.5) is 16.6 Å². The van der Waals surface area contributed by atoms with Gasteiger partial charge >= 0.3 is 11.8 Å². The van der Waals surface area contributed by atoms with E-state index in [0.717, 1.165) is 50.7 Å². The van der Waals surface area contributed by atoms with Gasteiger partial charge in [0.05, 0.1) is 0 Å². The maximum absolute atomic E-state index is 12.3. The van der Waals surface area contributed by atoms with E-state index in [1.54, 1.807) is 29.2 Å². The Kier molecular flexibility index (Phi) is 7.60. The number of hydrogen-bond donors (Lipinski definition) is 1. The molecule has 0 spiro atoms. The molecular formula is C23H27N7O3. The molecule has 3 heterocycles. The molecule has 0 radical (unpaired) electrons. The van der Waals surface area contributed by atoms with Crippen LogP contribution in [0.15, 0.2) is 65.8 Å². The lowest BCUT2D eigenvalue weighted by atomic mass is 10.2. The number of piperazine rings is 1. The van der Waals surface area contributed by atoms with Crippen molar-refractivity contribution in [3.63, 3.8) is 0 Å². The van der Waals surface area contributed by atoms with E-state index >= 15 is 0 Å². The number of carbonyl (C=O) groups excluding carboxylic acids is 1. The summed E-state index contributed by atoms with van der Waals surface area (Å²) in [7, 11) is 0. The van der Waals surface area contributed by atoms with Gasteiger partial charge in [0.1, 0.15) is 12.4 Å². The van der Waals surface area contributed by atoms with Crippen molar-refractivity contribution in [2.75, 3.05) is 42.9 Å². The first kappa shape index (κ1) is 22.4. The van der Waals surface area contributed by atoms with Crippen molar-refractivity contribution >= 4 is 17.9 Å². The molecule has 0 aliphatic carbocycles. The Labute approximate surface area is 191 Å². The number of nitrogens with one attached hydrogen (secondary N) is 1. The zero-order valence-corrected chi connectivity index (χ0v) is 18.3. The van der Waals surface area contributed by atoms with Gasteiger partial charge < -0.3 is 9.64 Å². The van der Waals surface area contributed by atoms with Crippen molar-refractivity contribution in [1.82, 2.24) is 24.4 Å². The molecule has 0 atom stereocenters. The summed E-state index contributed by atoms with van der Waals surface area (Å²) < 4.78 is 6.70. The number of anilines is 2. The van der Waals surface area contributed by atoms with Crippen LogP contribution in [0, 0.1) is 0 Å². The highest BCUT2D eigenvalue weighted by Crippen LogP contribution is 2.10. The van der Waals surface area contributed by atoms with E-state index in [1.807, 2.05) is 36.4 Å². The summed E-state index contributed by atoms with van der Waals surface area (Å²) in [6.45, 7) is 5.22. The molecule has 1 aromatic carbocycles. The lowest BCUT2D eigenvalue weighted by Gasteiger charge is -2.34. The third kappa shape index (κ3) is 6.59. The van der Waals surface area contributed by atoms with E-state index in [-0.39, 0.29) is 12.4 Å². The topological polar surface area (TPSA) is 105 Å². The second-order valence-corrected chi connectivity index (χ2v) is 7.71. The minimum Gasteiger partial charge on any atom is -0.444 e. The van der Waals surface area contributed by atoms with Gasteiger partial charge in [0, 0.05) is 51.3 Å². The second-order valence-electron chi connectivity index (χ2n) is 7.71. The molecule has 2 aromatic heterocycles. The number of amides is 1. The van der Waals surface area contributed by atoms with E-state index in [0.29, 0.717) is 6.54 Å². The first-order valence-electron chi connectivity index (χ1n) is 11.0. The van der Waals surface area contributed by atoms with E-state index in [1.165, 1.54) is 0 Å². The lowest BCUT2D eigenvalue weighted by Crippen LogP contribution is -2.47. The van der Waals surface area contributed by atoms with Crippen molar-refractivity contribution < 1.29 is 9.53 Å². The Bertz CT molecular complexity index is 1080. The SMILES string of the molecule is O=C(Nc1ccn(CCCN2CCN(c3ncccn3)CC2)c(=O)n1)OCc1ccccc1.